The number of pyridine rings is 1. The average Bonchev–Trinajstić information content (AvgIpc) is 3.18. The predicted molar refractivity (Wildman–Crippen MR) is 99.8 cm³/mol. The molecule has 3 heterocycles. The number of amides is 1. The molecule has 2 aliphatic rings. The van der Waals surface area contributed by atoms with E-state index in [1.807, 2.05) is 12.1 Å². The molecule has 1 aromatic heterocycles. The third kappa shape index (κ3) is 3.65. The smallest absolute Gasteiger partial charge is 0.260 e. The standard InChI is InChI=1S/C20H23FN4O2/c21-15-7-5-13(6-8-15)17-11-23-24-18(17)14-3-2-10-25(12-14)20(27)16-4-1-9-22-19(16)26/h1,4-9,14,17-18,23-24H,2-3,10-12H2,(H,22,26). The molecule has 0 spiro atoms. The van der Waals surface area contributed by atoms with Gasteiger partial charge in [0.25, 0.3) is 11.5 Å². The summed E-state index contributed by atoms with van der Waals surface area (Å²) < 4.78 is 13.3. The molecule has 2 saturated heterocycles. The number of carbonyl (C=O) groups is 1. The number of nitrogens with one attached hydrogen (secondary N) is 3. The van der Waals surface area contributed by atoms with Crippen molar-refractivity contribution in [2.24, 2.45) is 5.92 Å². The van der Waals surface area contributed by atoms with E-state index in [1.165, 1.54) is 18.3 Å². The minimum Gasteiger partial charge on any atom is -0.338 e. The molecule has 4 rings (SSSR count). The summed E-state index contributed by atoms with van der Waals surface area (Å²) in [4.78, 5) is 29.1. The van der Waals surface area contributed by atoms with Crippen LogP contribution in [0.4, 0.5) is 4.39 Å². The number of aromatic nitrogens is 1. The Bertz CT molecular complexity index is 867. The molecule has 6 nitrogen and oxygen atoms in total. The van der Waals surface area contributed by atoms with Gasteiger partial charge in [0.15, 0.2) is 0 Å². The summed E-state index contributed by atoms with van der Waals surface area (Å²) in [5.74, 6) is 0.0175. The van der Waals surface area contributed by atoms with Crippen LogP contribution in [0, 0.1) is 11.7 Å². The number of halogens is 1. The van der Waals surface area contributed by atoms with Crippen LogP contribution in [0.2, 0.25) is 0 Å². The molecule has 7 heteroatoms. The number of benzene rings is 1. The van der Waals surface area contributed by atoms with Crippen LogP contribution in [-0.4, -0.2) is 41.5 Å². The van der Waals surface area contributed by atoms with Gasteiger partial charge < -0.3 is 9.88 Å². The summed E-state index contributed by atoms with van der Waals surface area (Å²) in [6.07, 6.45) is 3.43. The summed E-state index contributed by atoms with van der Waals surface area (Å²) in [7, 11) is 0. The summed E-state index contributed by atoms with van der Waals surface area (Å²) >= 11 is 0. The van der Waals surface area contributed by atoms with Gasteiger partial charge in [0.1, 0.15) is 11.4 Å². The third-order valence-electron chi connectivity index (χ3n) is 5.62. The maximum Gasteiger partial charge on any atom is 0.260 e. The van der Waals surface area contributed by atoms with Crippen molar-refractivity contribution >= 4 is 5.91 Å². The Morgan fingerprint density at radius 2 is 2.00 bits per heavy atom. The highest BCUT2D eigenvalue weighted by Crippen LogP contribution is 2.32. The number of carbonyl (C=O) groups excluding carboxylic acids is 1. The first kappa shape index (κ1) is 17.9. The zero-order valence-corrected chi connectivity index (χ0v) is 15.0. The van der Waals surface area contributed by atoms with Crippen molar-refractivity contribution in [2.45, 2.75) is 24.8 Å². The van der Waals surface area contributed by atoms with E-state index in [2.05, 4.69) is 15.8 Å². The van der Waals surface area contributed by atoms with Crippen molar-refractivity contribution in [1.82, 2.24) is 20.7 Å². The van der Waals surface area contributed by atoms with Gasteiger partial charge in [-0.25, -0.2) is 4.39 Å². The largest absolute Gasteiger partial charge is 0.338 e. The monoisotopic (exact) mass is 370 g/mol. The topological polar surface area (TPSA) is 77.2 Å². The molecule has 3 unspecified atom stereocenters. The van der Waals surface area contributed by atoms with Gasteiger partial charge in [-0.05, 0) is 48.6 Å². The Morgan fingerprint density at radius 3 is 2.78 bits per heavy atom. The van der Waals surface area contributed by atoms with Crippen LogP contribution in [0.15, 0.2) is 47.4 Å². The first-order chi connectivity index (χ1) is 13.1. The lowest BCUT2D eigenvalue weighted by atomic mass is 9.81. The van der Waals surface area contributed by atoms with E-state index in [4.69, 9.17) is 0 Å². The van der Waals surface area contributed by atoms with Crippen molar-refractivity contribution in [2.75, 3.05) is 19.6 Å². The second-order valence-electron chi connectivity index (χ2n) is 7.28. The van der Waals surface area contributed by atoms with Crippen molar-refractivity contribution in [3.63, 3.8) is 0 Å². The molecule has 2 aromatic rings. The van der Waals surface area contributed by atoms with Gasteiger partial charge in [0.05, 0.1) is 0 Å². The van der Waals surface area contributed by atoms with Gasteiger partial charge in [-0.1, -0.05) is 12.1 Å². The van der Waals surface area contributed by atoms with Crippen molar-refractivity contribution < 1.29 is 9.18 Å². The maximum absolute atomic E-state index is 13.3. The molecule has 1 amide bonds. The molecule has 142 valence electrons. The highest BCUT2D eigenvalue weighted by Gasteiger charge is 2.37. The van der Waals surface area contributed by atoms with Gasteiger partial charge in [-0.2, -0.15) is 0 Å². The summed E-state index contributed by atoms with van der Waals surface area (Å²) in [6.45, 7) is 2.02. The summed E-state index contributed by atoms with van der Waals surface area (Å²) in [6, 6.07) is 10.0. The van der Waals surface area contributed by atoms with E-state index < -0.39 is 0 Å². The number of rotatable bonds is 3. The second-order valence-corrected chi connectivity index (χ2v) is 7.28. The summed E-state index contributed by atoms with van der Waals surface area (Å²) in [5, 5.41) is 0. The molecule has 3 atom stereocenters. The number of hydrogen-bond acceptors (Lipinski definition) is 4. The first-order valence-corrected chi connectivity index (χ1v) is 9.34. The average molecular weight is 370 g/mol. The number of nitrogens with zero attached hydrogens (tertiary/aromatic N) is 1. The molecule has 0 bridgehead atoms. The Kier molecular flexibility index (Phi) is 5.05. The molecule has 3 N–H and O–H groups in total. The fourth-order valence-electron chi connectivity index (χ4n) is 4.24. The number of likely N-dealkylation sites (tertiary alicyclic amines) is 1. The van der Waals surface area contributed by atoms with Gasteiger partial charge in [0.2, 0.25) is 0 Å². The first-order valence-electron chi connectivity index (χ1n) is 9.34. The van der Waals surface area contributed by atoms with Crippen LogP contribution >= 0.6 is 0 Å². The van der Waals surface area contributed by atoms with Crippen LogP contribution < -0.4 is 16.4 Å². The lowest BCUT2D eigenvalue weighted by Gasteiger charge is -2.37. The van der Waals surface area contributed by atoms with E-state index in [9.17, 15) is 14.0 Å². The Labute approximate surface area is 156 Å². The van der Waals surface area contributed by atoms with Crippen LogP contribution in [0.1, 0.15) is 34.7 Å². The van der Waals surface area contributed by atoms with Crippen LogP contribution in [0.25, 0.3) is 0 Å². The van der Waals surface area contributed by atoms with Gasteiger partial charge in [-0.15, -0.1) is 0 Å². The number of piperidine rings is 1. The molecule has 0 saturated carbocycles. The van der Waals surface area contributed by atoms with Crippen LogP contribution in [0.3, 0.4) is 0 Å². The van der Waals surface area contributed by atoms with Crippen molar-refractivity contribution in [3.05, 3.63) is 69.9 Å². The predicted octanol–water partition coefficient (Wildman–Crippen LogP) is 1.63. The lowest BCUT2D eigenvalue weighted by molar-refractivity contribution is 0.0642. The maximum atomic E-state index is 13.3. The van der Waals surface area contributed by atoms with E-state index in [0.717, 1.165) is 24.9 Å². The normalized spacial score (nSPS) is 25.5. The highest BCUT2D eigenvalue weighted by molar-refractivity contribution is 5.93. The molecule has 2 aliphatic heterocycles. The zero-order chi connectivity index (χ0) is 18.8. The minimum atomic E-state index is -0.352. The minimum absolute atomic E-state index is 0.153. The Balaban J connectivity index is 1.50. The number of hydrogen-bond donors (Lipinski definition) is 3. The fourth-order valence-corrected chi connectivity index (χ4v) is 4.24. The van der Waals surface area contributed by atoms with E-state index >= 15 is 0 Å². The quantitative estimate of drug-likeness (QED) is 0.768. The summed E-state index contributed by atoms with van der Waals surface area (Å²) in [5.41, 5.74) is 7.48. The molecule has 0 radical (unpaired) electrons. The molecular weight excluding hydrogens is 347 g/mol. The fraction of sp³-hybridized carbons (Fsp3) is 0.400. The second kappa shape index (κ2) is 7.62. The van der Waals surface area contributed by atoms with Crippen molar-refractivity contribution in [3.8, 4) is 0 Å². The molecule has 2 fully saturated rings. The molecule has 1 aromatic carbocycles. The number of H-pyrrole nitrogens is 1. The van der Waals surface area contributed by atoms with E-state index in [-0.39, 0.29) is 40.7 Å². The molecular formula is C20H23FN4O2. The Hall–Kier alpha value is -2.51. The number of aromatic amines is 1. The van der Waals surface area contributed by atoms with E-state index in [1.54, 1.807) is 17.0 Å². The highest BCUT2D eigenvalue weighted by atomic mass is 19.1. The molecule has 27 heavy (non-hydrogen) atoms. The lowest BCUT2D eigenvalue weighted by Crippen LogP contribution is -2.49. The zero-order valence-electron chi connectivity index (χ0n) is 15.0. The molecule has 0 aliphatic carbocycles. The van der Waals surface area contributed by atoms with E-state index in [0.29, 0.717) is 13.1 Å². The van der Waals surface area contributed by atoms with Gasteiger partial charge in [-0.3, -0.25) is 20.4 Å². The van der Waals surface area contributed by atoms with Gasteiger partial charge in [0, 0.05) is 37.8 Å². The van der Waals surface area contributed by atoms with Crippen LogP contribution in [0.5, 0.6) is 0 Å². The third-order valence-corrected chi connectivity index (χ3v) is 5.62. The Morgan fingerprint density at radius 1 is 1.19 bits per heavy atom. The van der Waals surface area contributed by atoms with Crippen molar-refractivity contribution in [1.29, 1.82) is 0 Å². The van der Waals surface area contributed by atoms with Crippen LogP contribution in [-0.2, 0) is 0 Å². The van der Waals surface area contributed by atoms with Gasteiger partial charge >= 0.3 is 0 Å². The number of hydrazine groups is 1. The SMILES string of the molecule is O=C(c1ccc[nH]c1=O)N1CCCC(C2NNCC2c2ccc(F)cc2)C1.